The average Bonchev–Trinajstić information content (AvgIpc) is 2.49. The van der Waals surface area contributed by atoms with Crippen LogP contribution in [-0.4, -0.2) is 23.6 Å². The summed E-state index contributed by atoms with van der Waals surface area (Å²) in [6.45, 7) is 4.86. The molecule has 0 aromatic carbocycles. The molecular formula is C16H22N4. The molecule has 0 unspecified atom stereocenters. The summed E-state index contributed by atoms with van der Waals surface area (Å²) in [6, 6.07) is 10.2. The van der Waals surface area contributed by atoms with Crippen molar-refractivity contribution in [3.63, 3.8) is 0 Å². The Kier molecular flexibility index (Phi) is 5.50. The summed E-state index contributed by atoms with van der Waals surface area (Å²) in [7, 11) is 2.03. The van der Waals surface area contributed by atoms with Gasteiger partial charge in [0.1, 0.15) is 5.82 Å². The molecule has 0 aliphatic carbocycles. The fourth-order valence-electron chi connectivity index (χ4n) is 1.97. The van der Waals surface area contributed by atoms with Crippen molar-refractivity contribution in [1.29, 1.82) is 0 Å². The van der Waals surface area contributed by atoms with E-state index in [1.165, 1.54) is 5.56 Å². The first-order valence-corrected chi connectivity index (χ1v) is 7.06. The first-order valence-electron chi connectivity index (χ1n) is 7.06. The van der Waals surface area contributed by atoms with Crippen molar-refractivity contribution in [3.05, 3.63) is 54.0 Å². The smallest absolute Gasteiger partial charge is 0.128 e. The molecule has 0 fully saturated rings. The van der Waals surface area contributed by atoms with Crippen molar-refractivity contribution in [2.45, 2.75) is 26.4 Å². The maximum atomic E-state index is 4.51. The van der Waals surface area contributed by atoms with Crippen LogP contribution in [0.1, 0.15) is 24.6 Å². The van der Waals surface area contributed by atoms with Gasteiger partial charge in [0.05, 0.1) is 12.2 Å². The third kappa shape index (κ3) is 4.31. The van der Waals surface area contributed by atoms with Gasteiger partial charge in [-0.3, -0.25) is 4.98 Å². The Balaban J connectivity index is 1.92. The molecule has 0 spiro atoms. The van der Waals surface area contributed by atoms with Gasteiger partial charge in [0.25, 0.3) is 0 Å². The van der Waals surface area contributed by atoms with Crippen molar-refractivity contribution in [1.82, 2.24) is 15.3 Å². The summed E-state index contributed by atoms with van der Waals surface area (Å²) in [5.74, 6) is 0.967. The SMILES string of the molecule is CCCNCc1ccc(N(C)Cc2ccccn2)nc1. The van der Waals surface area contributed by atoms with E-state index in [4.69, 9.17) is 0 Å². The van der Waals surface area contributed by atoms with Gasteiger partial charge in [-0.05, 0) is 36.7 Å². The zero-order valence-electron chi connectivity index (χ0n) is 12.2. The topological polar surface area (TPSA) is 41.0 Å². The van der Waals surface area contributed by atoms with Gasteiger partial charge in [-0.15, -0.1) is 0 Å². The van der Waals surface area contributed by atoms with Crippen molar-refractivity contribution < 1.29 is 0 Å². The number of pyridine rings is 2. The molecule has 4 heteroatoms. The molecule has 106 valence electrons. The third-order valence-electron chi connectivity index (χ3n) is 3.08. The van der Waals surface area contributed by atoms with Crippen molar-refractivity contribution in [2.24, 2.45) is 0 Å². The van der Waals surface area contributed by atoms with Crippen LogP contribution in [0, 0.1) is 0 Å². The van der Waals surface area contributed by atoms with Crippen molar-refractivity contribution >= 4 is 5.82 Å². The fraction of sp³-hybridized carbons (Fsp3) is 0.375. The lowest BCUT2D eigenvalue weighted by Crippen LogP contribution is -2.19. The number of aromatic nitrogens is 2. The first-order chi connectivity index (χ1) is 9.79. The molecule has 2 aromatic heterocycles. The zero-order chi connectivity index (χ0) is 14.2. The van der Waals surface area contributed by atoms with Gasteiger partial charge in [0.2, 0.25) is 0 Å². The summed E-state index contributed by atoms with van der Waals surface area (Å²) >= 11 is 0. The van der Waals surface area contributed by atoms with Crippen LogP contribution in [0.15, 0.2) is 42.7 Å². The van der Waals surface area contributed by atoms with Crippen LogP contribution < -0.4 is 10.2 Å². The van der Waals surface area contributed by atoms with Gasteiger partial charge >= 0.3 is 0 Å². The second-order valence-corrected chi connectivity index (χ2v) is 4.88. The number of rotatable bonds is 7. The van der Waals surface area contributed by atoms with E-state index in [-0.39, 0.29) is 0 Å². The number of hydrogen-bond acceptors (Lipinski definition) is 4. The highest BCUT2D eigenvalue weighted by Gasteiger charge is 2.04. The Morgan fingerprint density at radius 3 is 2.70 bits per heavy atom. The van der Waals surface area contributed by atoms with E-state index in [9.17, 15) is 0 Å². The Morgan fingerprint density at radius 2 is 2.05 bits per heavy atom. The van der Waals surface area contributed by atoms with Crippen LogP contribution in [0.3, 0.4) is 0 Å². The van der Waals surface area contributed by atoms with Gasteiger partial charge in [-0.2, -0.15) is 0 Å². The molecule has 0 atom stereocenters. The van der Waals surface area contributed by atoms with E-state index in [1.54, 1.807) is 0 Å². The van der Waals surface area contributed by atoms with Gasteiger partial charge in [0.15, 0.2) is 0 Å². The summed E-state index contributed by atoms with van der Waals surface area (Å²) in [6.07, 6.45) is 4.91. The van der Waals surface area contributed by atoms with Gasteiger partial charge < -0.3 is 10.2 Å². The molecule has 2 heterocycles. The molecule has 0 saturated carbocycles. The molecule has 0 amide bonds. The molecule has 2 rings (SSSR count). The number of hydrogen-bond donors (Lipinski definition) is 1. The average molecular weight is 270 g/mol. The molecule has 20 heavy (non-hydrogen) atoms. The number of nitrogens with one attached hydrogen (secondary N) is 1. The normalized spacial score (nSPS) is 10.5. The molecule has 0 aliphatic rings. The zero-order valence-corrected chi connectivity index (χ0v) is 12.2. The van der Waals surface area contributed by atoms with Crippen LogP contribution in [0.5, 0.6) is 0 Å². The highest BCUT2D eigenvalue weighted by Crippen LogP contribution is 2.12. The van der Waals surface area contributed by atoms with Crippen LogP contribution in [0.2, 0.25) is 0 Å². The number of nitrogens with zero attached hydrogens (tertiary/aromatic N) is 3. The predicted octanol–water partition coefficient (Wildman–Crippen LogP) is 2.61. The van der Waals surface area contributed by atoms with Crippen LogP contribution in [0.4, 0.5) is 5.82 Å². The summed E-state index contributed by atoms with van der Waals surface area (Å²) in [5.41, 5.74) is 2.26. The third-order valence-corrected chi connectivity index (χ3v) is 3.08. The maximum absolute atomic E-state index is 4.51. The minimum absolute atomic E-state index is 0.765. The molecule has 0 bridgehead atoms. The molecule has 0 aliphatic heterocycles. The minimum atomic E-state index is 0.765. The highest BCUT2D eigenvalue weighted by atomic mass is 15.2. The van der Waals surface area contributed by atoms with E-state index in [1.807, 2.05) is 37.6 Å². The van der Waals surface area contributed by atoms with Crippen molar-refractivity contribution in [2.75, 3.05) is 18.5 Å². The highest BCUT2D eigenvalue weighted by molar-refractivity contribution is 5.38. The minimum Gasteiger partial charge on any atom is -0.354 e. The first kappa shape index (κ1) is 14.5. The van der Waals surface area contributed by atoms with Gasteiger partial charge in [0, 0.05) is 26.0 Å². The molecule has 4 nitrogen and oxygen atoms in total. The van der Waals surface area contributed by atoms with E-state index in [0.717, 1.165) is 37.6 Å². The van der Waals surface area contributed by atoms with Crippen molar-refractivity contribution in [3.8, 4) is 0 Å². The van der Waals surface area contributed by atoms with Crippen LogP contribution >= 0.6 is 0 Å². The lowest BCUT2D eigenvalue weighted by Gasteiger charge is -2.17. The standard InChI is InChI=1S/C16H22N4/c1-3-9-17-11-14-7-8-16(19-12-14)20(2)13-15-6-4-5-10-18-15/h4-8,10,12,17H,3,9,11,13H2,1-2H3. The Hall–Kier alpha value is -1.94. The Morgan fingerprint density at radius 1 is 1.15 bits per heavy atom. The summed E-state index contributed by atoms with van der Waals surface area (Å²) < 4.78 is 0. The van der Waals surface area contributed by atoms with Crippen LogP contribution in [0.25, 0.3) is 0 Å². The van der Waals surface area contributed by atoms with Crippen LogP contribution in [-0.2, 0) is 13.1 Å². The summed E-state index contributed by atoms with van der Waals surface area (Å²) in [4.78, 5) is 10.9. The summed E-state index contributed by atoms with van der Waals surface area (Å²) in [5, 5.41) is 3.38. The molecule has 1 N–H and O–H groups in total. The second kappa shape index (κ2) is 7.60. The fourth-order valence-corrected chi connectivity index (χ4v) is 1.97. The Bertz CT molecular complexity index is 496. The molecular weight excluding hydrogens is 248 g/mol. The number of anilines is 1. The predicted molar refractivity (Wildman–Crippen MR) is 82.6 cm³/mol. The maximum Gasteiger partial charge on any atom is 0.128 e. The largest absolute Gasteiger partial charge is 0.354 e. The molecule has 0 radical (unpaired) electrons. The lowest BCUT2D eigenvalue weighted by molar-refractivity contribution is 0.673. The monoisotopic (exact) mass is 270 g/mol. The second-order valence-electron chi connectivity index (χ2n) is 4.88. The van der Waals surface area contributed by atoms with Gasteiger partial charge in [-0.25, -0.2) is 4.98 Å². The molecule has 0 saturated heterocycles. The Labute approximate surface area is 120 Å². The van der Waals surface area contributed by atoms with E-state index < -0.39 is 0 Å². The van der Waals surface area contributed by atoms with E-state index in [2.05, 4.69) is 39.2 Å². The molecule has 2 aromatic rings. The van der Waals surface area contributed by atoms with Gasteiger partial charge in [-0.1, -0.05) is 19.1 Å². The lowest BCUT2D eigenvalue weighted by atomic mass is 10.2. The van der Waals surface area contributed by atoms with E-state index >= 15 is 0 Å². The van der Waals surface area contributed by atoms with E-state index in [0.29, 0.717) is 0 Å². The quantitative estimate of drug-likeness (QED) is 0.785.